The largest absolute Gasteiger partial charge is 0.497 e. The summed E-state index contributed by atoms with van der Waals surface area (Å²) < 4.78 is 5.31. The molecule has 2 aromatic heterocycles. The number of carbonyl (C=O) groups is 7. The molecule has 10 atom stereocenters. The Morgan fingerprint density at radius 3 is 2.06 bits per heavy atom. The average Bonchev–Trinajstić information content (AvgIpc) is 2.42. The number of rotatable bonds is 23. The molecule has 0 saturated carbocycles. The van der Waals surface area contributed by atoms with E-state index in [1.54, 1.807) is 61.8 Å². The third-order valence-corrected chi connectivity index (χ3v) is 17.6. The van der Waals surface area contributed by atoms with Crippen molar-refractivity contribution in [3.8, 4) is 5.75 Å². The van der Waals surface area contributed by atoms with Gasteiger partial charge in [0.1, 0.15) is 47.8 Å². The highest BCUT2D eigenvalue weighted by Crippen LogP contribution is 2.26. The van der Waals surface area contributed by atoms with E-state index in [2.05, 4.69) is 54.1 Å². The number of para-hydroxylation sites is 1. The van der Waals surface area contributed by atoms with Crippen molar-refractivity contribution in [3.05, 3.63) is 168 Å². The number of aliphatic hydroxyl groups is 3. The number of unbranched alkanes of at least 4 members (excludes halogenated alkanes) is 1. The monoisotopic (exact) mass is 1270 g/mol. The molecular weight excluding hydrogens is 1190 g/mol. The Kier molecular flexibility index (Phi) is 26.4. The highest BCUT2D eigenvalue weighted by atomic mass is 33.1. The zero-order valence-corrected chi connectivity index (χ0v) is 52.4. The second-order valence-electron chi connectivity index (χ2n) is 22.0. The molecule has 7 rings (SSSR count). The van der Waals surface area contributed by atoms with Crippen LogP contribution in [-0.4, -0.2) is 159 Å². The minimum Gasteiger partial charge on any atom is -0.497 e. The van der Waals surface area contributed by atoms with Gasteiger partial charge >= 0.3 is 0 Å². The number of hydrogen-bond donors (Lipinski definition) is 13. The second-order valence-corrected chi connectivity index (χ2v) is 24.6. The fraction of sp³-hybridized carbons (Fsp3) is 0.364. The smallest absolute Gasteiger partial charge is 0.245 e. The number of methoxy groups -OCH3 is 1. The molecule has 3 heterocycles. The van der Waals surface area contributed by atoms with Crippen LogP contribution in [0.1, 0.15) is 73.5 Å². The number of ether oxygens (including phenoxy) is 1. The molecule has 7 amide bonds. The number of fused-ring (bicyclic) bond motifs is 1. The van der Waals surface area contributed by atoms with Crippen LogP contribution in [0.2, 0.25) is 0 Å². The van der Waals surface area contributed by atoms with Gasteiger partial charge in [-0.1, -0.05) is 119 Å². The molecule has 0 bridgehead atoms. The van der Waals surface area contributed by atoms with Crippen molar-refractivity contribution in [1.82, 2.24) is 47.2 Å². The molecule has 2 unspecified atom stereocenters. The van der Waals surface area contributed by atoms with E-state index in [9.17, 15) is 39.3 Å². The molecule has 14 N–H and O–H groups in total. The molecule has 24 heteroatoms. The van der Waals surface area contributed by atoms with Crippen LogP contribution in [0.5, 0.6) is 5.75 Å². The molecule has 1 aliphatic rings. The minimum absolute atomic E-state index is 0.0174. The molecule has 1 fully saturated rings. The first-order chi connectivity index (χ1) is 43.3. The Labute approximate surface area is 531 Å². The van der Waals surface area contributed by atoms with Crippen LogP contribution in [0.25, 0.3) is 28.6 Å². The number of nitrogens with one attached hydrogen (secondary N) is 9. The SMILES string of the molecule is C=Cc1nc(NCCCC[C@@H]2NC(=O)[C@@H](Cc3c[nH]c4ccccc34)NC(=O)[C@H](Cc3ccccc3)NC(=O)[C@@H](NC(=O)[C@H](N)Cc3ccccc3)CSSC[C@@H](C(=O)NC(CO)C(C)O)NC(=O)[C@H]([C@@H](C)O)NC2=O)ccc1/C=C(\C)c1ccc(OC)cc1. The fourth-order valence-electron chi connectivity index (χ4n) is 9.96. The lowest BCUT2D eigenvalue weighted by atomic mass is 10.0. The van der Waals surface area contributed by atoms with Gasteiger partial charge in [0.05, 0.1) is 43.7 Å². The number of nitrogens with two attached hydrogens (primary N) is 1. The molecule has 0 aliphatic carbocycles. The van der Waals surface area contributed by atoms with Crippen LogP contribution in [-0.2, 0) is 52.8 Å². The van der Waals surface area contributed by atoms with Gasteiger partial charge in [0, 0.05) is 53.6 Å². The van der Waals surface area contributed by atoms with Gasteiger partial charge in [-0.25, -0.2) is 4.98 Å². The molecule has 478 valence electrons. The Balaban J connectivity index is 1.20. The van der Waals surface area contributed by atoms with E-state index in [0.717, 1.165) is 60.5 Å². The van der Waals surface area contributed by atoms with Gasteiger partial charge < -0.3 is 73.3 Å². The van der Waals surface area contributed by atoms with Crippen molar-refractivity contribution >= 4 is 97.4 Å². The number of aliphatic hydroxyl groups excluding tert-OH is 3. The Morgan fingerprint density at radius 1 is 0.756 bits per heavy atom. The summed E-state index contributed by atoms with van der Waals surface area (Å²) in [4.78, 5) is 110. The van der Waals surface area contributed by atoms with Crippen LogP contribution in [0, 0.1) is 0 Å². The molecule has 4 aromatic carbocycles. The summed E-state index contributed by atoms with van der Waals surface area (Å²) in [5.74, 6) is -4.85. The molecule has 0 spiro atoms. The molecule has 22 nitrogen and oxygen atoms in total. The summed E-state index contributed by atoms with van der Waals surface area (Å²) in [6.07, 6.45) is 3.27. The third-order valence-electron chi connectivity index (χ3n) is 15.2. The van der Waals surface area contributed by atoms with E-state index < -0.39 is 108 Å². The molecule has 1 saturated heterocycles. The number of hydrogen-bond acceptors (Lipinski definition) is 16. The van der Waals surface area contributed by atoms with Crippen molar-refractivity contribution < 1.29 is 53.6 Å². The van der Waals surface area contributed by atoms with Gasteiger partial charge in [-0.15, -0.1) is 0 Å². The lowest BCUT2D eigenvalue weighted by Gasteiger charge is -2.29. The van der Waals surface area contributed by atoms with Crippen LogP contribution in [0.3, 0.4) is 0 Å². The molecule has 6 aromatic rings. The number of amides is 7. The number of H-pyrrole nitrogens is 1. The quantitative estimate of drug-likeness (QED) is 0.0319. The summed E-state index contributed by atoms with van der Waals surface area (Å²) in [6.45, 7) is 8.30. The van der Waals surface area contributed by atoms with Crippen LogP contribution >= 0.6 is 21.6 Å². The summed E-state index contributed by atoms with van der Waals surface area (Å²) in [7, 11) is 3.66. The second kappa shape index (κ2) is 34.5. The zero-order chi connectivity index (χ0) is 64.7. The topological polar surface area (TPSA) is 340 Å². The number of anilines is 1. The number of aromatic amines is 1. The number of aromatic nitrogens is 2. The Morgan fingerprint density at radius 2 is 1.39 bits per heavy atom. The number of pyridine rings is 1. The maximum atomic E-state index is 15.1. The molecule has 90 heavy (non-hydrogen) atoms. The average molecular weight is 1270 g/mol. The standard InChI is InChI=1S/C66H81N11O11S2/c1-6-50-45(31-39(2)44-24-27-47(88-5)28-25-44)26-29-58(70-50)68-30-16-15-23-52-61(82)77-59(41(4)80)66(87)76-57(65(86)74-55(36-78)40(3)79)38-90-89-37-56(75-60(81)49(67)32-42-17-9-7-10-18-42)64(85)72-53(33-43-19-11-8-12-20-43)62(83)73-54(63(84)71-52)34-46-35-69-51-22-14-13-21-48(46)51/h6-14,17-22,24-29,31,35,40-41,49,52-57,59,69,78-80H,1,15-16,23,30,32-34,36-38,67H2,2-5H3,(H,68,70)(H,71,84)(H,72,85)(H,73,83)(H,74,86)(H,75,81)(H,76,87)(H,77,82)/b39-31+/t40?,41-,49-,52+,53+,54-,55?,56+,57+,59+/m1/s1. The molecule has 0 radical (unpaired) electrons. The zero-order valence-electron chi connectivity index (χ0n) is 50.8. The highest BCUT2D eigenvalue weighted by Gasteiger charge is 2.37. The Bertz CT molecular complexity index is 3430. The first-order valence-corrected chi connectivity index (χ1v) is 32.3. The summed E-state index contributed by atoms with van der Waals surface area (Å²) in [6, 6.07) is 25.8. The van der Waals surface area contributed by atoms with E-state index >= 15 is 9.59 Å². The number of nitrogens with zero attached hydrogens (tertiary/aromatic N) is 1. The lowest BCUT2D eigenvalue weighted by Crippen LogP contribution is -2.62. The number of benzene rings is 4. The van der Waals surface area contributed by atoms with Gasteiger partial charge in [-0.2, -0.15) is 0 Å². The van der Waals surface area contributed by atoms with Crippen molar-refractivity contribution in [3.63, 3.8) is 0 Å². The van der Waals surface area contributed by atoms with E-state index in [4.69, 9.17) is 15.5 Å². The maximum Gasteiger partial charge on any atom is 0.245 e. The van der Waals surface area contributed by atoms with E-state index in [1.807, 2.05) is 91.9 Å². The first kappa shape index (κ1) is 69.0. The van der Waals surface area contributed by atoms with E-state index in [0.29, 0.717) is 42.0 Å². The third kappa shape index (κ3) is 20.3. The number of carbonyl (C=O) groups excluding carboxylic acids is 7. The predicted octanol–water partition coefficient (Wildman–Crippen LogP) is 3.96. The van der Waals surface area contributed by atoms with Crippen LogP contribution < -0.4 is 53.0 Å². The van der Waals surface area contributed by atoms with Crippen molar-refractivity contribution in [1.29, 1.82) is 0 Å². The van der Waals surface area contributed by atoms with Crippen molar-refractivity contribution in [2.24, 2.45) is 5.73 Å². The van der Waals surface area contributed by atoms with Gasteiger partial charge in [0.2, 0.25) is 41.4 Å². The van der Waals surface area contributed by atoms with Crippen LogP contribution in [0.15, 0.2) is 134 Å². The fourth-order valence-corrected chi connectivity index (χ4v) is 12.3. The van der Waals surface area contributed by atoms with Gasteiger partial charge in [-0.05, 0) is 117 Å². The molecular formula is C66H81N11O11S2. The summed E-state index contributed by atoms with van der Waals surface area (Å²) >= 11 is 0. The minimum atomic E-state index is -1.71. The van der Waals surface area contributed by atoms with Gasteiger partial charge in [0.25, 0.3) is 0 Å². The van der Waals surface area contributed by atoms with Crippen LogP contribution in [0.4, 0.5) is 5.82 Å². The number of allylic oxidation sites excluding steroid dienone is 1. The summed E-state index contributed by atoms with van der Waals surface area (Å²) in [5.41, 5.74) is 12.7. The first-order valence-electron chi connectivity index (χ1n) is 29.8. The maximum absolute atomic E-state index is 15.1. The van der Waals surface area contributed by atoms with E-state index in [1.165, 1.54) is 13.8 Å². The summed E-state index contributed by atoms with van der Waals surface area (Å²) in [5, 5.41) is 54.8. The van der Waals surface area contributed by atoms with Gasteiger partial charge in [0.15, 0.2) is 0 Å². The van der Waals surface area contributed by atoms with Crippen molar-refractivity contribution in [2.45, 2.75) is 120 Å². The van der Waals surface area contributed by atoms with Crippen molar-refractivity contribution in [2.75, 3.05) is 37.1 Å². The van der Waals surface area contributed by atoms with Gasteiger partial charge in [-0.3, -0.25) is 33.6 Å². The van der Waals surface area contributed by atoms with E-state index in [-0.39, 0.29) is 37.2 Å². The Hall–Kier alpha value is -8.52. The normalized spacial score (nSPS) is 20.5. The predicted molar refractivity (Wildman–Crippen MR) is 352 cm³/mol. The molecule has 1 aliphatic heterocycles. The lowest BCUT2D eigenvalue weighted by molar-refractivity contribution is -0.136. The highest BCUT2D eigenvalue weighted by molar-refractivity contribution is 8.76.